The first kappa shape index (κ1) is 32.1. The Morgan fingerprint density at radius 3 is 2.42 bits per heavy atom. The molecule has 2 amide bonds. The van der Waals surface area contributed by atoms with Gasteiger partial charge in [0.25, 0.3) is 5.91 Å². The second-order valence-electron chi connectivity index (χ2n) is 11.5. The van der Waals surface area contributed by atoms with Crippen molar-refractivity contribution in [2.45, 2.75) is 70.9 Å². The first-order chi connectivity index (χ1) is 20.0. The summed E-state index contributed by atoms with van der Waals surface area (Å²) in [5.74, 6) is -1.61. The Morgan fingerprint density at radius 1 is 1.12 bits per heavy atom. The number of aromatic nitrogens is 3. The molecular formula is C29H33F4N5O4S. The Balaban J connectivity index is 1.52. The number of hydrogen-bond donors (Lipinski definition) is 1. The summed E-state index contributed by atoms with van der Waals surface area (Å²) in [6.45, 7) is 8.49. The number of amides is 2. The molecule has 1 unspecified atom stereocenters. The summed E-state index contributed by atoms with van der Waals surface area (Å²) in [6.07, 6.45) is -0.967. The van der Waals surface area contributed by atoms with Crippen LogP contribution >= 0.6 is 11.3 Å². The number of halogens is 4. The van der Waals surface area contributed by atoms with Crippen molar-refractivity contribution in [3.8, 4) is 16.3 Å². The molecule has 1 aliphatic rings. The largest absolute Gasteiger partial charge is 0.490 e. The standard InChI is InChI=1S/C29H33F4N5O4S/c1-17-12-34-24(43-17)20-9-19(23(39)37-18(2)21-13-35-25(36-14-21)29(31,32)33)10-22(11-20)41-16-28(30)7-6-8-38(15-28)26(40)42-27(3,4)5/h9-14,18H,6-8,15-16H2,1-5H3,(H,37,39)/t18-,28?/m1/s1. The molecule has 232 valence electrons. The smallest absolute Gasteiger partial charge is 0.451 e. The molecule has 9 nitrogen and oxygen atoms in total. The van der Waals surface area contributed by atoms with Gasteiger partial charge in [-0.3, -0.25) is 4.79 Å². The minimum absolute atomic E-state index is 0.173. The number of rotatable bonds is 7. The lowest BCUT2D eigenvalue weighted by Gasteiger charge is -2.37. The number of carbonyl (C=O) groups is 2. The van der Waals surface area contributed by atoms with Crippen molar-refractivity contribution in [2.24, 2.45) is 0 Å². The fraction of sp³-hybridized carbons (Fsp3) is 0.483. The van der Waals surface area contributed by atoms with Gasteiger partial charge in [-0.2, -0.15) is 13.2 Å². The zero-order chi connectivity index (χ0) is 31.6. The molecule has 3 aromatic rings. The minimum atomic E-state index is -4.68. The van der Waals surface area contributed by atoms with Gasteiger partial charge in [0.15, 0.2) is 5.67 Å². The number of nitrogens with zero attached hydrogens (tertiary/aromatic N) is 4. The van der Waals surface area contributed by atoms with Gasteiger partial charge in [-0.15, -0.1) is 11.3 Å². The normalized spacial score (nSPS) is 18.2. The highest BCUT2D eigenvalue weighted by Gasteiger charge is 2.40. The fourth-order valence-electron chi connectivity index (χ4n) is 4.40. The van der Waals surface area contributed by atoms with Crippen LogP contribution in [-0.4, -0.2) is 62.8 Å². The summed E-state index contributed by atoms with van der Waals surface area (Å²) in [5.41, 5.74) is -1.55. The lowest BCUT2D eigenvalue weighted by molar-refractivity contribution is -0.145. The van der Waals surface area contributed by atoms with E-state index in [1.807, 2.05) is 6.92 Å². The maximum Gasteiger partial charge on any atom is 0.451 e. The van der Waals surface area contributed by atoms with Crippen molar-refractivity contribution in [1.82, 2.24) is 25.2 Å². The first-order valence-corrected chi connectivity index (χ1v) is 14.4. The zero-order valence-corrected chi connectivity index (χ0v) is 25.2. The fourth-order valence-corrected chi connectivity index (χ4v) is 5.15. The van der Waals surface area contributed by atoms with Crippen LogP contribution in [0, 0.1) is 6.92 Å². The average molecular weight is 624 g/mol. The number of ether oxygens (including phenoxy) is 2. The molecule has 2 aromatic heterocycles. The van der Waals surface area contributed by atoms with Crippen molar-refractivity contribution in [1.29, 1.82) is 0 Å². The predicted molar refractivity (Wildman–Crippen MR) is 152 cm³/mol. The lowest BCUT2D eigenvalue weighted by Crippen LogP contribution is -2.51. The van der Waals surface area contributed by atoms with Crippen molar-refractivity contribution >= 4 is 23.3 Å². The van der Waals surface area contributed by atoms with Crippen LogP contribution in [0.1, 0.15) is 73.2 Å². The number of nitrogens with one attached hydrogen (secondary N) is 1. The van der Waals surface area contributed by atoms with Gasteiger partial charge >= 0.3 is 12.3 Å². The van der Waals surface area contributed by atoms with Crippen LogP contribution in [-0.2, 0) is 10.9 Å². The van der Waals surface area contributed by atoms with E-state index in [1.165, 1.54) is 22.3 Å². The number of likely N-dealkylation sites (tertiary alicyclic amines) is 1. The molecule has 1 N–H and O–H groups in total. The molecule has 1 aliphatic heterocycles. The van der Waals surface area contributed by atoms with E-state index in [-0.39, 0.29) is 36.4 Å². The number of alkyl halides is 4. The van der Waals surface area contributed by atoms with E-state index in [9.17, 15) is 22.8 Å². The molecule has 0 bridgehead atoms. The Kier molecular flexibility index (Phi) is 9.28. The highest BCUT2D eigenvalue weighted by Crippen LogP contribution is 2.32. The van der Waals surface area contributed by atoms with Gasteiger partial charge in [0.1, 0.15) is 23.0 Å². The SMILES string of the molecule is Cc1cnc(-c2cc(OCC3(F)CCCN(C(=O)OC(C)(C)C)C3)cc(C(=O)N[C@H](C)c3cnc(C(F)(F)F)nc3)c2)s1. The average Bonchev–Trinajstić information content (AvgIpc) is 3.37. The van der Waals surface area contributed by atoms with Crippen molar-refractivity contribution in [3.63, 3.8) is 0 Å². The molecule has 14 heteroatoms. The maximum atomic E-state index is 15.9. The second kappa shape index (κ2) is 12.4. The molecule has 0 spiro atoms. The molecule has 0 radical (unpaired) electrons. The molecule has 4 rings (SSSR count). The van der Waals surface area contributed by atoms with Gasteiger partial charge in [0, 0.05) is 46.7 Å². The van der Waals surface area contributed by atoms with Crippen LogP contribution in [0.5, 0.6) is 5.75 Å². The molecule has 3 heterocycles. The molecule has 1 saturated heterocycles. The molecule has 2 atom stereocenters. The lowest BCUT2D eigenvalue weighted by atomic mass is 9.96. The van der Waals surface area contributed by atoms with E-state index in [0.717, 1.165) is 17.3 Å². The van der Waals surface area contributed by atoms with Crippen LogP contribution in [0.4, 0.5) is 22.4 Å². The summed E-state index contributed by atoms with van der Waals surface area (Å²) in [4.78, 5) is 39.1. The van der Waals surface area contributed by atoms with Gasteiger partial charge in [-0.25, -0.2) is 24.1 Å². The third-order valence-electron chi connectivity index (χ3n) is 6.49. The summed E-state index contributed by atoms with van der Waals surface area (Å²) < 4.78 is 65.7. The quantitative estimate of drug-likeness (QED) is 0.298. The van der Waals surface area contributed by atoms with Gasteiger partial charge < -0.3 is 19.7 Å². The van der Waals surface area contributed by atoms with E-state index in [2.05, 4.69) is 20.3 Å². The van der Waals surface area contributed by atoms with Gasteiger partial charge in [-0.05, 0) is 65.7 Å². The van der Waals surface area contributed by atoms with Crippen LogP contribution in [0.2, 0.25) is 0 Å². The van der Waals surface area contributed by atoms with E-state index in [4.69, 9.17) is 9.47 Å². The topological polar surface area (TPSA) is 107 Å². The Labute approximate surface area is 250 Å². The first-order valence-electron chi connectivity index (χ1n) is 13.6. The van der Waals surface area contributed by atoms with Crippen LogP contribution < -0.4 is 10.1 Å². The third-order valence-corrected chi connectivity index (χ3v) is 7.45. The maximum absolute atomic E-state index is 15.9. The Bertz CT molecular complexity index is 1460. The number of benzene rings is 1. The Morgan fingerprint density at radius 2 is 1.81 bits per heavy atom. The summed E-state index contributed by atoms with van der Waals surface area (Å²) in [6, 6.07) is 3.99. The molecule has 0 aliphatic carbocycles. The predicted octanol–water partition coefficient (Wildman–Crippen LogP) is 6.54. The summed E-state index contributed by atoms with van der Waals surface area (Å²) in [5, 5.41) is 3.34. The van der Waals surface area contributed by atoms with E-state index in [0.29, 0.717) is 23.5 Å². The van der Waals surface area contributed by atoms with Gasteiger partial charge in [0.05, 0.1) is 12.6 Å². The highest BCUT2D eigenvalue weighted by molar-refractivity contribution is 7.14. The minimum Gasteiger partial charge on any atom is -0.490 e. The van der Waals surface area contributed by atoms with E-state index >= 15 is 4.39 Å². The molecular weight excluding hydrogens is 590 g/mol. The van der Waals surface area contributed by atoms with Crippen molar-refractivity contribution in [2.75, 3.05) is 19.7 Å². The summed E-state index contributed by atoms with van der Waals surface area (Å²) in [7, 11) is 0. The van der Waals surface area contributed by atoms with Crippen molar-refractivity contribution in [3.05, 3.63) is 58.6 Å². The highest BCUT2D eigenvalue weighted by atomic mass is 32.1. The number of thiazole rings is 1. The Hall–Kier alpha value is -3.81. The van der Waals surface area contributed by atoms with Crippen LogP contribution in [0.25, 0.3) is 10.6 Å². The number of piperidine rings is 1. The molecule has 43 heavy (non-hydrogen) atoms. The molecule has 1 aromatic carbocycles. The van der Waals surface area contributed by atoms with Gasteiger partial charge in [0.2, 0.25) is 5.82 Å². The van der Waals surface area contributed by atoms with Crippen LogP contribution in [0.15, 0.2) is 36.8 Å². The molecule has 0 saturated carbocycles. The van der Waals surface area contributed by atoms with E-state index in [1.54, 1.807) is 46.0 Å². The van der Waals surface area contributed by atoms with E-state index < -0.39 is 41.3 Å². The number of hydrogen-bond acceptors (Lipinski definition) is 8. The monoisotopic (exact) mass is 623 g/mol. The van der Waals surface area contributed by atoms with Crippen molar-refractivity contribution < 1.29 is 36.6 Å². The molecule has 1 fully saturated rings. The van der Waals surface area contributed by atoms with Crippen LogP contribution in [0.3, 0.4) is 0 Å². The zero-order valence-electron chi connectivity index (χ0n) is 24.4. The number of carbonyl (C=O) groups excluding carboxylic acids is 2. The van der Waals surface area contributed by atoms with Gasteiger partial charge in [-0.1, -0.05) is 0 Å². The third kappa shape index (κ3) is 8.62. The number of aryl methyl sites for hydroxylation is 1. The summed E-state index contributed by atoms with van der Waals surface area (Å²) >= 11 is 1.40. The second-order valence-corrected chi connectivity index (χ2v) is 12.7.